The number of carbonyl (C=O) groups excluding carboxylic acids is 2. The number of ether oxygens (including phenoxy) is 4. The summed E-state index contributed by atoms with van der Waals surface area (Å²) in [5, 5.41) is 0.0877. The van der Waals surface area contributed by atoms with E-state index in [2.05, 4.69) is 67.7 Å². The Bertz CT molecular complexity index is 1870. The zero-order valence-corrected chi connectivity index (χ0v) is 41.2. The number of nitrogens with zero attached hydrogens (tertiary/aromatic N) is 2. The van der Waals surface area contributed by atoms with Crippen molar-refractivity contribution in [2.75, 3.05) is 52.1 Å². The monoisotopic (exact) mass is 876 g/mol. The number of nitrogen functional groups attached to an aromatic ring is 2. The molecule has 4 rings (SSSR count). The molecule has 336 valence electrons. The largest absolute Gasteiger partial charge is 0.493 e. The van der Waals surface area contributed by atoms with E-state index < -0.39 is 16.6 Å². The maximum Gasteiger partial charge on any atom is 0.260 e. The maximum atomic E-state index is 14.1. The van der Waals surface area contributed by atoms with Gasteiger partial charge in [-0.05, 0) is 86.2 Å². The number of hydrogen-bond donors (Lipinski definition) is 2. The summed E-state index contributed by atoms with van der Waals surface area (Å²) in [4.78, 5) is 31.6. The molecule has 0 unspecified atom stereocenters. The molecule has 2 aliphatic rings. The smallest absolute Gasteiger partial charge is 0.260 e. The van der Waals surface area contributed by atoms with Gasteiger partial charge in [-0.25, -0.2) is 0 Å². The Morgan fingerprint density at radius 3 is 1.33 bits per heavy atom. The second kappa shape index (κ2) is 20.1. The number of benzene rings is 2. The molecule has 0 fully saturated rings. The van der Waals surface area contributed by atoms with Crippen molar-refractivity contribution in [2.45, 2.75) is 123 Å². The summed E-state index contributed by atoms with van der Waals surface area (Å²) in [5.74, 6) is 1.13. The van der Waals surface area contributed by atoms with Crippen molar-refractivity contribution in [3.63, 3.8) is 0 Å². The van der Waals surface area contributed by atoms with E-state index in [1.807, 2.05) is 50.6 Å². The van der Waals surface area contributed by atoms with Gasteiger partial charge in [0.1, 0.15) is 0 Å². The molecule has 2 heterocycles. The maximum absolute atomic E-state index is 14.1. The summed E-state index contributed by atoms with van der Waals surface area (Å²) in [5.41, 5.74) is 16.3. The van der Waals surface area contributed by atoms with E-state index in [1.54, 1.807) is 34.1 Å². The van der Waals surface area contributed by atoms with Crippen molar-refractivity contribution >= 4 is 39.8 Å². The Labute approximate surface area is 367 Å². The molecule has 0 spiro atoms. The number of allylic oxidation sites excluding steroid dienone is 4. The molecule has 0 aliphatic carbocycles. The summed E-state index contributed by atoms with van der Waals surface area (Å²) in [6.07, 6.45) is 13.6. The lowest BCUT2D eigenvalue weighted by Gasteiger charge is -2.38. The lowest BCUT2D eigenvalue weighted by atomic mass is 10.1. The zero-order valence-electron chi connectivity index (χ0n) is 39.2. The normalized spacial score (nSPS) is 17.6. The van der Waals surface area contributed by atoms with Crippen LogP contribution in [-0.2, 0) is 8.85 Å². The van der Waals surface area contributed by atoms with Gasteiger partial charge in [-0.1, -0.05) is 65.8 Å². The first kappa shape index (κ1) is 49.2. The van der Waals surface area contributed by atoms with Crippen LogP contribution in [0.25, 0.3) is 0 Å². The van der Waals surface area contributed by atoms with Gasteiger partial charge in [-0.3, -0.25) is 9.59 Å². The number of methoxy groups -OCH3 is 2. The molecule has 61 heavy (non-hydrogen) atoms. The van der Waals surface area contributed by atoms with Gasteiger partial charge in [-0.15, -0.1) is 0 Å². The summed E-state index contributed by atoms with van der Waals surface area (Å²) < 4.78 is 36.7. The summed E-state index contributed by atoms with van der Waals surface area (Å²) in [6, 6.07) is 6.20. The molecule has 2 aliphatic heterocycles. The molecule has 14 heteroatoms. The SMILES string of the molecule is C/C=C/C1=CN(C(=O)c2cc(OC)c(OCCCOc3cc(N)c(C(=O)N4C=C(/C=C/C)C[C@H]4CO[Si](C)(C)C(C)(C)C)cc3OC)cc2N)[C@H](CO[Si](C)(C)C(C)(C)C)C1. The predicted molar refractivity (Wildman–Crippen MR) is 252 cm³/mol. The lowest BCUT2D eigenvalue weighted by molar-refractivity contribution is 0.0731. The van der Waals surface area contributed by atoms with E-state index in [1.165, 1.54) is 14.2 Å². The van der Waals surface area contributed by atoms with Gasteiger partial charge in [0.05, 0.1) is 63.9 Å². The van der Waals surface area contributed by atoms with Crippen LogP contribution >= 0.6 is 0 Å². The number of carbonyl (C=O) groups is 2. The first-order chi connectivity index (χ1) is 28.5. The van der Waals surface area contributed by atoms with Crippen molar-refractivity contribution in [3.05, 3.63) is 83.2 Å². The number of amides is 2. The first-order valence-corrected chi connectivity index (χ1v) is 27.1. The Morgan fingerprint density at radius 1 is 0.656 bits per heavy atom. The van der Waals surface area contributed by atoms with Crippen LogP contribution in [0.4, 0.5) is 11.4 Å². The van der Waals surface area contributed by atoms with Gasteiger partial charge >= 0.3 is 0 Å². The molecule has 0 saturated carbocycles. The standard InChI is InChI=1S/C47H72N4O8Si2/c1-15-18-32-22-34(30-58-60(11,12)46(3,4)5)50(28-32)44(52)36-24-40(54-9)42(26-38(36)48)56-20-17-21-57-43-27-39(49)37(25-41(43)55-10)45(53)51-29-33(19-16-2)23-35(51)31-59-61(13,14)47(6,7)8/h15-16,18-19,24-29,34-35H,17,20-23,30-31,48-49H2,1-14H3/b18-15+,19-16+/t34-,35-/m0/s1. The van der Waals surface area contributed by atoms with Crippen molar-refractivity contribution in [2.24, 2.45) is 0 Å². The van der Waals surface area contributed by atoms with E-state index in [4.69, 9.17) is 39.3 Å². The summed E-state index contributed by atoms with van der Waals surface area (Å²) in [6.45, 7) is 27.4. The van der Waals surface area contributed by atoms with Gasteiger partial charge in [0.2, 0.25) is 0 Å². The predicted octanol–water partition coefficient (Wildman–Crippen LogP) is 10.1. The highest BCUT2D eigenvalue weighted by atomic mass is 28.4. The summed E-state index contributed by atoms with van der Waals surface area (Å²) >= 11 is 0. The molecule has 0 bridgehead atoms. The molecule has 4 N–H and O–H groups in total. The molecule has 2 atom stereocenters. The van der Waals surface area contributed by atoms with Crippen LogP contribution in [0.5, 0.6) is 23.0 Å². The Hall–Kier alpha value is -4.51. The number of rotatable bonds is 18. The summed E-state index contributed by atoms with van der Waals surface area (Å²) in [7, 11) is -1.03. The van der Waals surface area contributed by atoms with Gasteiger partial charge in [0, 0.05) is 42.3 Å². The van der Waals surface area contributed by atoms with Crippen LogP contribution in [0.1, 0.15) is 95.4 Å². The molecular formula is C47H72N4O8Si2. The Kier molecular flexibility index (Phi) is 16.2. The van der Waals surface area contributed by atoms with Crippen LogP contribution < -0.4 is 30.4 Å². The second-order valence-electron chi connectivity index (χ2n) is 18.9. The average Bonchev–Trinajstić information content (AvgIpc) is 3.79. The first-order valence-electron chi connectivity index (χ1n) is 21.3. The lowest BCUT2D eigenvalue weighted by Crippen LogP contribution is -2.45. The number of hydrogen-bond acceptors (Lipinski definition) is 10. The average molecular weight is 877 g/mol. The topological polar surface area (TPSA) is 148 Å². The van der Waals surface area contributed by atoms with Crippen LogP contribution in [0.2, 0.25) is 36.3 Å². The minimum absolute atomic E-state index is 0.0439. The van der Waals surface area contributed by atoms with E-state index in [-0.39, 0.29) is 58.6 Å². The van der Waals surface area contributed by atoms with E-state index in [0.717, 1.165) is 11.1 Å². The van der Waals surface area contributed by atoms with E-state index >= 15 is 0 Å². The third-order valence-corrected chi connectivity index (χ3v) is 21.4. The second-order valence-corrected chi connectivity index (χ2v) is 28.5. The minimum atomic E-state index is -2.05. The number of anilines is 2. The highest BCUT2D eigenvalue weighted by molar-refractivity contribution is 6.74. The van der Waals surface area contributed by atoms with Crippen molar-refractivity contribution in [1.82, 2.24) is 9.80 Å². The van der Waals surface area contributed by atoms with Crippen molar-refractivity contribution in [1.29, 1.82) is 0 Å². The fraction of sp³-hybridized carbons (Fsp3) is 0.532. The van der Waals surface area contributed by atoms with Crippen LogP contribution in [0.15, 0.2) is 72.1 Å². The van der Waals surface area contributed by atoms with E-state index in [0.29, 0.717) is 66.6 Å². The Morgan fingerprint density at radius 2 is 1.02 bits per heavy atom. The van der Waals surface area contributed by atoms with Crippen molar-refractivity contribution in [3.8, 4) is 23.0 Å². The molecule has 2 aromatic carbocycles. The molecule has 12 nitrogen and oxygen atoms in total. The third-order valence-electron chi connectivity index (χ3n) is 12.4. The minimum Gasteiger partial charge on any atom is -0.493 e. The van der Waals surface area contributed by atoms with Crippen molar-refractivity contribution < 1.29 is 37.4 Å². The molecule has 0 radical (unpaired) electrons. The van der Waals surface area contributed by atoms with Gasteiger partial charge in [0.25, 0.3) is 11.8 Å². The molecule has 0 aromatic heterocycles. The molecule has 2 amide bonds. The Balaban J connectivity index is 1.41. The highest BCUT2D eigenvalue weighted by Gasteiger charge is 2.41. The van der Waals surface area contributed by atoms with E-state index in [9.17, 15) is 9.59 Å². The molecule has 0 saturated heterocycles. The molecular weight excluding hydrogens is 805 g/mol. The van der Waals surface area contributed by atoms with Crippen LogP contribution in [0.3, 0.4) is 0 Å². The quantitative estimate of drug-likeness (QED) is 0.0842. The molecule has 2 aromatic rings. The highest BCUT2D eigenvalue weighted by Crippen LogP contribution is 2.40. The van der Waals surface area contributed by atoms with Gasteiger partial charge in [0.15, 0.2) is 39.6 Å². The fourth-order valence-electron chi connectivity index (χ4n) is 6.60. The number of nitrogens with two attached hydrogens (primary N) is 2. The fourth-order valence-corrected chi connectivity index (χ4v) is 8.69. The van der Waals surface area contributed by atoms with Gasteiger partial charge < -0.3 is 49.1 Å². The zero-order chi connectivity index (χ0) is 45.5. The van der Waals surface area contributed by atoms with Crippen LogP contribution in [-0.4, -0.2) is 91.0 Å². The van der Waals surface area contributed by atoms with Crippen LogP contribution in [0, 0.1) is 0 Å². The third kappa shape index (κ3) is 11.9. The van der Waals surface area contributed by atoms with Gasteiger partial charge in [-0.2, -0.15) is 0 Å².